The molecule has 0 unspecified atom stereocenters. The van der Waals surface area contributed by atoms with E-state index in [9.17, 15) is 14.0 Å². The lowest BCUT2D eigenvalue weighted by atomic mass is 10.2. The fourth-order valence-electron chi connectivity index (χ4n) is 2.43. The summed E-state index contributed by atoms with van der Waals surface area (Å²) < 4.78 is 19.1. The van der Waals surface area contributed by atoms with E-state index in [1.165, 1.54) is 11.0 Å². The number of nitrogens with zero attached hydrogens (tertiary/aromatic N) is 1. The van der Waals surface area contributed by atoms with Gasteiger partial charge >= 0.3 is 6.03 Å². The van der Waals surface area contributed by atoms with Crippen LogP contribution in [0.4, 0.5) is 14.9 Å². The van der Waals surface area contributed by atoms with Crippen molar-refractivity contribution in [3.8, 4) is 5.75 Å². The standard InChI is InChI=1S/C18H18FN3O3/c19-16-4-2-1-3-13(16)12-25-15-7-5-14(6-8-15)21-18(24)22-10-9-20-17(23)11-22/h1-8H,9-12H2,(H,20,23)(H,21,24). The summed E-state index contributed by atoms with van der Waals surface area (Å²) in [6, 6.07) is 12.9. The van der Waals surface area contributed by atoms with Gasteiger partial charge in [-0.05, 0) is 30.3 Å². The van der Waals surface area contributed by atoms with Crippen molar-refractivity contribution >= 4 is 17.6 Å². The first-order valence-corrected chi connectivity index (χ1v) is 7.91. The monoisotopic (exact) mass is 343 g/mol. The summed E-state index contributed by atoms with van der Waals surface area (Å²) in [4.78, 5) is 24.9. The lowest BCUT2D eigenvalue weighted by Gasteiger charge is -2.26. The molecule has 130 valence electrons. The largest absolute Gasteiger partial charge is 0.489 e. The zero-order valence-corrected chi connectivity index (χ0v) is 13.5. The number of urea groups is 1. The highest BCUT2D eigenvalue weighted by Gasteiger charge is 2.20. The second kappa shape index (κ2) is 7.65. The number of halogens is 1. The summed E-state index contributed by atoms with van der Waals surface area (Å²) in [6.07, 6.45) is 0. The normalized spacial score (nSPS) is 14.0. The third-order valence-electron chi connectivity index (χ3n) is 3.78. The molecule has 0 aromatic heterocycles. The van der Waals surface area contributed by atoms with Crippen molar-refractivity contribution in [1.29, 1.82) is 0 Å². The Hall–Kier alpha value is -3.09. The van der Waals surface area contributed by atoms with Gasteiger partial charge in [-0.25, -0.2) is 9.18 Å². The maximum atomic E-state index is 13.5. The van der Waals surface area contributed by atoms with Gasteiger partial charge in [-0.15, -0.1) is 0 Å². The number of anilines is 1. The van der Waals surface area contributed by atoms with Gasteiger partial charge in [0.1, 0.15) is 24.7 Å². The smallest absolute Gasteiger partial charge is 0.322 e. The molecule has 0 aliphatic carbocycles. The molecule has 3 amide bonds. The zero-order chi connectivity index (χ0) is 17.6. The van der Waals surface area contributed by atoms with E-state index in [2.05, 4.69) is 10.6 Å². The SMILES string of the molecule is O=C1CN(C(=O)Nc2ccc(OCc3ccccc3F)cc2)CCN1. The molecular weight excluding hydrogens is 325 g/mol. The number of carbonyl (C=O) groups excluding carboxylic acids is 2. The number of hydrogen-bond acceptors (Lipinski definition) is 3. The molecule has 1 saturated heterocycles. The van der Waals surface area contributed by atoms with Gasteiger partial charge in [0.05, 0.1) is 0 Å². The van der Waals surface area contributed by atoms with Crippen LogP contribution in [0.15, 0.2) is 48.5 Å². The highest BCUT2D eigenvalue weighted by atomic mass is 19.1. The maximum Gasteiger partial charge on any atom is 0.322 e. The Bertz CT molecular complexity index is 764. The first-order valence-electron chi connectivity index (χ1n) is 7.91. The lowest BCUT2D eigenvalue weighted by Crippen LogP contribution is -2.51. The van der Waals surface area contributed by atoms with E-state index < -0.39 is 0 Å². The molecular formula is C18H18FN3O3. The molecule has 1 heterocycles. The van der Waals surface area contributed by atoms with Gasteiger partial charge in [0.2, 0.25) is 5.91 Å². The Kier molecular flexibility index (Phi) is 5.13. The minimum atomic E-state index is -0.324. The second-order valence-electron chi connectivity index (χ2n) is 5.61. The van der Waals surface area contributed by atoms with Crippen LogP contribution in [-0.4, -0.2) is 36.5 Å². The summed E-state index contributed by atoms with van der Waals surface area (Å²) in [7, 11) is 0. The van der Waals surface area contributed by atoms with Crippen molar-refractivity contribution in [1.82, 2.24) is 10.2 Å². The van der Waals surface area contributed by atoms with Crippen molar-refractivity contribution in [2.45, 2.75) is 6.61 Å². The quantitative estimate of drug-likeness (QED) is 0.895. The maximum absolute atomic E-state index is 13.5. The molecule has 2 aromatic rings. The van der Waals surface area contributed by atoms with Crippen molar-refractivity contribution in [3.63, 3.8) is 0 Å². The third kappa shape index (κ3) is 4.47. The molecule has 25 heavy (non-hydrogen) atoms. The Labute approximate surface area is 144 Å². The Morgan fingerprint density at radius 3 is 2.68 bits per heavy atom. The molecule has 0 atom stereocenters. The summed E-state index contributed by atoms with van der Waals surface area (Å²) in [5, 5.41) is 5.40. The van der Waals surface area contributed by atoms with Crippen LogP contribution in [0.1, 0.15) is 5.56 Å². The molecule has 2 N–H and O–H groups in total. The predicted octanol–water partition coefficient (Wildman–Crippen LogP) is 2.37. The highest BCUT2D eigenvalue weighted by Crippen LogP contribution is 2.18. The average molecular weight is 343 g/mol. The van der Waals surface area contributed by atoms with Gasteiger partial charge in [-0.2, -0.15) is 0 Å². The number of amides is 3. The van der Waals surface area contributed by atoms with Crippen LogP contribution in [0.25, 0.3) is 0 Å². The number of ether oxygens (including phenoxy) is 1. The molecule has 0 spiro atoms. The van der Waals surface area contributed by atoms with E-state index in [0.717, 1.165) is 0 Å². The van der Waals surface area contributed by atoms with Crippen LogP contribution in [-0.2, 0) is 11.4 Å². The van der Waals surface area contributed by atoms with Gasteiger partial charge < -0.3 is 20.3 Å². The fraction of sp³-hybridized carbons (Fsp3) is 0.222. The van der Waals surface area contributed by atoms with Crippen LogP contribution in [0.3, 0.4) is 0 Å². The third-order valence-corrected chi connectivity index (χ3v) is 3.78. The molecule has 2 aromatic carbocycles. The molecule has 3 rings (SSSR count). The summed E-state index contributed by atoms with van der Waals surface area (Å²) in [6.45, 7) is 1.10. The van der Waals surface area contributed by atoms with Crippen molar-refractivity contribution in [3.05, 3.63) is 59.9 Å². The van der Waals surface area contributed by atoms with Crippen LogP contribution in [0.5, 0.6) is 5.75 Å². The Morgan fingerprint density at radius 2 is 1.96 bits per heavy atom. The molecule has 0 radical (unpaired) electrons. The number of piperazine rings is 1. The van der Waals surface area contributed by atoms with Crippen LogP contribution < -0.4 is 15.4 Å². The summed E-state index contributed by atoms with van der Waals surface area (Å²) in [5.41, 5.74) is 1.07. The van der Waals surface area contributed by atoms with Gasteiger partial charge in [-0.3, -0.25) is 4.79 Å². The van der Waals surface area contributed by atoms with Crippen LogP contribution >= 0.6 is 0 Å². The van der Waals surface area contributed by atoms with Crippen LogP contribution in [0, 0.1) is 5.82 Å². The Balaban J connectivity index is 1.54. The number of hydrogen-bond donors (Lipinski definition) is 2. The van der Waals surface area contributed by atoms with E-state index in [0.29, 0.717) is 30.1 Å². The second-order valence-corrected chi connectivity index (χ2v) is 5.61. The molecule has 1 aliphatic rings. The van der Waals surface area contributed by atoms with Gasteiger partial charge in [0.25, 0.3) is 0 Å². The Morgan fingerprint density at radius 1 is 1.20 bits per heavy atom. The highest BCUT2D eigenvalue weighted by molar-refractivity contribution is 5.93. The van der Waals surface area contributed by atoms with E-state index in [1.54, 1.807) is 42.5 Å². The number of carbonyl (C=O) groups is 2. The fourth-order valence-corrected chi connectivity index (χ4v) is 2.43. The summed E-state index contributed by atoms with van der Waals surface area (Å²) >= 11 is 0. The van der Waals surface area contributed by atoms with Crippen molar-refractivity contribution < 1.29 is 18.7 Å². The van der Waals surface area contributed by atoms with Gasteiger partial charge in [-0.1, -0.05) is 18.2 Å². The van der Waals surface area contributed by atoms with E-state index in [-0.39, 0.29) is 30.9 Å². The molecule has 7 heteroatoms. The van der Waals surface area contributed by atoms with Crippen molar-refractivity contribution in [2.75, 3.05) is 25.0 Å². The van der Waals surface area contributed by atoms with Gasteiger partial charge in [0, 0.05) is 24.3 Å². The molecule has 0 saturated carbocycles. The number of rotatable bonds is 4. The minimum Gasteiger partial charge on any atom is -0.489 e. The van der Waals surface area contributed by atoms with Crippen molar-refractivity contribution in [2.24, 2.45) is 0 Å². The zero-order valence-electron chi connectivity index (χ0n) is 13.5. The predicted molar refractivity (Wildman–Crippen MR) is 90.8 cm³/mol. The molecule has 1 aliphatic heterocycles. The molecule has 1 fully saturated rings. The topological polar surface area (TPSA) is 70.7 Å². The van der Waals surface area contributed by atoms with E-state index in [1.807, 2.05) is 0 Å². The number of nitrogens with one attached hydrogen (secondary N) is 2. The lowest BCUT2D eigenvalue weighted by molar-refractivity contribution is -0.123. The van der Waals surface area contributed by atoms with Crippen LogP contribution in [0.2, 0.25) is 0 Å². The molecule has 0 bridgehead atoms. The first-order chi connectivity index (χ1) is 12.1. The van der Waals surface area contributed by atoms with E-state index >= 15 is 0 Å². The van der Waals surface area contributed by atoms with Gasteiger partial charge in [0.15, 0.2) is 0 Å². The first kappa shape index (κ1) is 16.8. The average Bonchev–Trinajstić information content (AvgIpc) is 2.62. The van der Waals surface area contributed by atoms with E-state index in [4.69, 9.17) is 4.74 Å². The summed E-state index contributed by atoms with van der Waals surface area (Å²) in [5.74, 6) is 0.0915. The minimum absolute atomic E-state index is 0.0513. The molecule has 6 nitrogen and oxygen atoms in total. The number of benzene rings is 2.